The summed E-state index contributed by atoms with van der Waals surface area (Å²) in [4.78, 5) is 17.1. The van der Waals surface area contributed by atoms with Crippen LogP contribution in [0.15, 0.2) is 41.7 Å². The van der Waals surface area contributed by atoms with E-state index in [9.17, 15) is 4.79 Å². The fourth-order valence-electron chi connectivity index (χ4n) is 1.87. The predicted molar refractivity (Wildman–Crippen MR) is 94.5 cm³/mol. The Labute approximate surface area is 149 Å². The first-order valence-electron chi connectivity index (χ1n) is 7.32. The number of benzene rings is 1. The summed E-state index contributed by atoms with van der Waals surface area (Å²) in [5.41, 5.74) is 1.37. The van der Waals surface area contributed by atoms with Crippen molar-refractivity contribution in [3.05, 3.63) is 52.1 Å². The van der Waals surface area contributed by atoms with Crippen molar-refractivity contribution in [3.8, 4) is 0 Å². The fourth-order valence-corrected chi connectivity index (χ4v) is 2.16. The summed E-state index contributed by atoms with van der Waals surface area (Å²) in [5, 5.41) is 15.1. The molecule has 0 bridgehead atoms. The van der Waals surface area contributed by atoms with Crippen LogP contribution in [0.4, 0.5) is 5.82 Å². The smallest absolute Gasteiger partial charge is 0.225 e. The van der Waals surface area contributed by atoms with Gasteiger partial charge in [-0.1, -0.05) is 34.4 Å². The second kappa shape index (κ2) is 9.20. The summed E-state index contributed by atoms with van der Waals surface area (Å²) in [6.07, 6.45) is 2.12. The number of carbonyl (C=O) groups is 1. The number of nitrogens with zero attached hydrogens (tertiary/aromatic N) is 3. The first-order chi connectivity index (χ1) is 11.6. The zero-order valence-corrected chi connectivity index (χ0v) is 14.5. The Morgan fingerprint density at radius 2 is 2.08 bits per heavy atom. The first-order valence-corrected chi connectivity index (χ1v) is 8.07. The number of oxime groups is 1. The van der Waals surface area contributed by atoms with E-state index >= 15 is 0 Å². The van der Waals surface area contributed by atoms with E-state index in [4.69, 9.17) is 28.0 Å². The summed E-state index contributed by atoms with van der Waals surface area (Å²) < 4.78 is 0. The van der Waals surface area contributed by atoms with Crippen LogP contribution in [0.25, 0.3) is 0 Å². The van der Waals surface area contributed by atoms with E-state index in [1.54, 1.807) is 30.3 Å². The molecule has 0 saturated heterocycles. The van der Waals surface area contributed by atoms with Gasteiger partial charge in [-0.3, -0.25) is 4.79 Å². The van der Waals surface area contributed by atoms with Gasteiger partial charge in [0.25, 0.3) is 0 Å². The minimum atomic E-state index is -0.195. The average Bonchev–Trinajstić information content (AvgIpc) is 2.58. The molecule has 1 N–H and O–H groups in total. The molecule has 0 aliphatic heterocycles. The molecule has 0 fully saturated rings. The van der Waals surface area contributed by atoms with Gasteiger partial charge in [-0.2, -0.15) is 5.10 Å². The van der Waals surface area contributed by atoms with E-state index in [1.165, 1.54) is 6.20 Å². The number of aromatic nitrogens is 2. The minimum Gasteiger partial charge on any atom is -0.396 e. The third-order valence-electron chi connectivity index (χ3n) is 2.99. The topological polar surface area (TPSA) is 76.5 Å². The standard InChI is InChI=1S/C16H16Cl2N4O2/c1-2-24-22-14(11-5-6-12(17)13(18)10-11)7-8-16(23)20-15-4-3-9-19-21-15/h3-6,9-10H,2,7-8H2,1H3,(H,20,21,23). The van der Waals surface area contributed by atoms with E-state index in [0.717, 1.165) is 5.56 Å². The lowest BCUT2D eigenvalue weighted by Crippen LogP contribution is -2.15. The van der Waals surface area contributed by atoms with Crippen LogP contribution < -0.4 is 5.32 Å². The number of amides is 1. The van der Waals surface area contributed by atoms with Gasteiger partial charge in [-0.25, -0.2) is 0 Å². The van der Waals surface area contributed by atoms with E-state index in [2.05, 4.69) is 20.7 Å². The van der Waals surface area contributed by atoms with Crippen LogP contribution in [0.2, 0.25) is 10.0 Å². The fraction of sp³-hybridized carbons (Fsp3) is 0.250. The lowest BCUT2D eigenvalue weighted by atomic mass is 10.1. The van der Waals surface area contributed by atoms with Gasteiger partial charge in [-0.05, 0) is 31.2 Å². The SMILES string of the molecule is CCON=C(CCC(=O)Nc1cccnn1)c1ccc(Cl)c(Cl)c1. The second-order valence-corrected chi connectivity index (χ2v) is 5.56. The number of rotatable bonds is 7. The first kappa shape index (κ1) is 18.2. The number of nitrogens with one attached hydrogen (secondary N) is 1. The van der Waals surface area contributed by atoms with Gasteiger partial charge in [0.1, 0.15) is 6.61 Å². The number of carbonyl (C=O) groups excluding carboxylic acids is 1. The second-order valence-electron chi connectivity index (χ2n) is 4.74. The highest BCUT2D eigenvalue weighted by atomic mass is 35.5. The lowest BCUT2D eigenvalue weighted by Gasteiger charge is -2.08. The number of hydrogen-bond donors (Lipinski definition) is 1. The van der Waals surface area contributed by atoms with Crippen molar-refractivity contribution in [1.82, 2.24) is 10.2 Å². The molecular weight excluding hydrogens is 351 g/mol. The quantitative estimate of drug-likeness (QED) is 0.594. The Kier molecular flexibility index (Phi) is 6.96. The maximum Gasteiger partial charge on any atom is 0.225 e. The normalized spacial score (nSPS) is 11.2. The summed E-state index contributed by atoms with van der Waals surface area (Å²) in [6.45, 7) is 2.26. The van der Waals surface area contributed by atoms with Crippen molar-refractivity contribution in [2.75, 3.05) is 11.9 Å². The molecule has 0 spiro atoms. The van der Waals surface area contributed by atoms with Crippen molar-refractivity contribution in [1.29, 1.82) is 0 Å². The zero-order chi connectivity index (χ0) is 17.4. The maximum atomic E-state index is 12.0. The Morgan fingerprint density at radius 3 is 2.75 bits per heavy atom. The van der Waals surface area contributed by atoms with Crippen LogP contribution in [-0.4, -0.2) is 28.4 Å². The van der Waals surface area contributed by atoms with E-state index in [1.807, 2.05) is 6.92 Å². The Bertz CT molecular complexity index is 723. The summed E-state index contributed by atoms with van der Waals surface area (Å²) in [7, 11) is 0. The molecule has 8 heteroatoms. The van der Waals surface area contributed by atoms with Crippen LogP contribution in [0.1, 0.15) is 25.3 Å². The molecule has 0 radical (unpaired) electrons. The highest BCUT2D eigenvalue weighted by Gasteiger charge is 2.11. The van der Waals surface area contributed by atoms with E-state index in [-0.39, 0.29) is 12.3 Å². The number of halogens is 2. The molecule has 1 heterocycles. The molecule has 126 valence electrons. The van der Waals surface area contributed by atoms with Crippen LogP contribution >= 0.6 is 23.2 Å². The zero-order valence-electron chi connectivity index (χ0n) is 13.0. The number of hydrogen-bond acceptors (Lipinski definition) is 5. The Morgan fingerprint density at radius 1 is 1.25 bits per heavy atom. The molecule has 2 rings (SSSR count). The van der Waals surface area contributed by atoms with Crippen molar-refractivity contribution in [2.24, 2.45) is 5.16 Å². The predicted octanol–water partition coefficient (Wildman–Crippen LogP) is 3.94. The van der Waals surface area contributed by atoms with Gasteiger partial charge in [-0.15, -0.1) is 5.10 Å². The summed E-state index contributed by atoms with van der Waals surface area (Å²) in [6, 6.07) is 8.52. The van der Waals surface area contributed by atoms with Gasteiger partial charge in [0.15, 0.2) is 5.82 Å². The molecule has 0 saturated carbocycles. The molecule has 0 aliphatic rings. The van der Waals surface area contributed by atoms with Crippen molar-refractivity contribution < 1.29 is 9.63 Å². The van der Waals surface area contributed by atoms with E-state index in [0.29, 0.717) is 34.6 Å². The Hall–Kier alpha value is -2.18. The van der Waals surface area contributed by atoms with Gasteiger partial charge in [0.05, 0.1) is 15.8 Å². The van der Waals surface area contributed by atoms with Crippen LogP contribution in [-0.2, 0) is 9.63 Å². The molecule has 2 aromatic rings. The van der Waals surface area contributed by atoms with Crippen molar-refractivity contribution in [2.45, 2.75) is 19.8 Å². The van der Waals surface area contributed by atoms with Crippen molar-refractivity contribution in [3.63, 3.8) is 0 Å². The maximum absolute atomic E-state index is 12.0. The Balaban J connectivity index is 2.03. The van der Waals surface area contributed by atoms with Crippen LogP contribution in [0, 0.1) is 0 Å². The molecule has 24 heavy (non-hydrogen) atoms. The van der Waals surface area contributed by atoms with E-state index < -0.39 is 0 Å². The van der Waals surface area contributed by atoms with Gasteiger partial charge in [0, 0.05) is 24.6 Å². The van der Waals surface area contributed by atoms with Gasteiger partial charge in [0.2, 0.25) is 5.91 Å². The van der Waals surface area contributed by atoms with Gasteiger partial charge < -0.3 is 10.2 Å². The van der Waals surface area contributed by atoms with Crippen LogP contribution in [0.5, 0.6) is 0 Å². The van der Waals surface area contributed by atoms with Crippen molar-refractivity contribution >= 4 is 40.6 Å². The molecule has 0 aliphatic carbocycles. The van der Waals surface area contributed by atoms with Gasteiger partial charge >= 0.3 is 0 Å². The molecule has 0 unspecified atom stereocenters. The largest absolute Gasteiger partial charge is 0.396 e. The third kappa shape index (κ3) is 5.47. The summed E-state index contributed by atoms with van der Waals surface area (Å²) >= 11 is 12.0. The molecule has 1 amide bonds. The minimum absolute atomic E-state index is 0.195. The third-order valence-corrected chi connectivity index (χ3v) is 3.72. The molecule has 0 atom stereocenters. The highest BCUT2D eigenvalue weighted by molar-refractivity contribution is 6.42. The molecule has 6 nitrogen and oxygen atoms in total. The average molecular weight is 367 g/mol. The monoisotopic (exact) mass is 366 g/mol. The summed E-state index contributed by atoms with van der Waals surface area (Å²) in [5.74, 6) is 0.208. The molecular formula is C16H16Cl2N4O2. The molecule has 1 aromatic heterocycles. The molecule has 1 aromatic carbocycles. The lowest BCUT2D eigenvalue weighted by molar-refractivity contribution is -0.116. The van der Waals surface area contributed by atoms with Crippen LogP contribution in [0.3, 0.4) is 0 Å². The number of anilines is 1. The highest BCUT2D eigenvalue weighted by Crippen LogP contribution is 2.23.